The first-order valence-electron chi connectivity index (χ1n) is 9.28. The minimum absolute atomic E-state index is 0.303. The smallest absolute Gasteiger partial charge is 0.260 e. The molecule has 4 N–H and O–H groups in total. The Morgan fingerprint density at radius 1 is 1.21 bits per heavy atom. The quantitative estimate of drug-likeness (QED) is 0.518. The Bertz CT molecular complexity index is 1120. The van der Waals surface area contributed by atoms with Gasteiger partial charge in [-0.1, -0.05) is 18.2 Å². The molecule has 0 bridgehead atoms. The van der Waals surface area contributed by atoms with Crippen molar-refractivity contribution in [3.63, 3.8) is 0 Å². The van der Waals surface area contributed by atoms with Gasteiger partial charge in [0.2, 0.25) is 0 Å². The molecule has 0 saturated carbocycles. The summed E-state index contributed by atoms with van der Waals surface area (Å²) < 4.78 is 7.45. The number of aliphatic hydroxyl groups excluding tert-OH is 2. The van der Waals surface area contributed by atoms with Crippen LogP contribution in [-0.2, 0) is 23.2 Å². The third-order valence-corrected chi connectivity index (χ3v) is 6.04. The fraction of sp³-hybridized carbons (Fsp3) is 0.400. The molecule has 1 aliphatic carbocycles. The van der Waals surface area contributed by atoms with E-state index in [-0.39, 0.29) is 5.56 Å². The number of H-pyrrole nitrogens is 1. The van der Waals surface area contributed by atoms with E-state index in [1.165, 1.54) is 22.0 Å². The molecule has 146 valence electrons. The van der Waals surface area contributed by atoms with E-state index in [4.69, 9.17) is 4.74 Å². The molecule has 2 aliphatic rings. The molecule has 2 aromatic heterocycles. The third-order valence-electron chi connectivity index (χ3n) is 6.04. The van der Waals surface area contributed by atoms with Crippen LogP contribution in [-0.4, -0.2) is 48.2 Å². The molecule has 0 unspecified atom stereocenters. The van der Waals surface area contributed by atoms with Crippen LogP contribution in [0, 0.1) is 0 Å². The first-order valence-corrected chi connectivity index (χ1v) is 9.28. The van der Waals surface area contributed by atoms with E-state index in [0.717, 1.165) is 12.8 Å². The fourth-order valence-electron chi connectivity index (χ4n) is 4.22. The topological polar surface area (TPSA) is 121 Å². The van der Waals surface area contributed by atoms with Crippen LogP contribution in [0.1, 0.15) is 29.8 Å². The minimum Gasteiger partial charge on any atom is -0.387 e. The van der Waals surface area contributed by atoms with Crippen LogP contribution in [0.5, 0.6) is 0 Å². The summed E-state index contributed by atoms with van der Waals surface area (Å²) in [4.78, 5) is 18.6. The van der Waals surface area contributed by atoms with Crippen LogP contribution in [0.2, 0.25) is 0 Å². The Kier molecular flexibility index (Phi) is 3.76. The number of aromatic nitrogens is 3. The summed E-state index contributed by atoms with van der Waals surface area (Å²) in [6, 6.07) is 7.32. The van der Waals surface area contributed by atoms with Gasteiger partial charge in [0, 0.05) is 6.20 Å². The lowest BCUT2D eigenvalue weighted by molar-refractivity contribution is -0.135. The average Bonchev–Trinajstić information content (AvgIpc) is 3.19. The summed E-state index contributed by atoms with van der Waals surface area (Å²) >= 11 is 0. The molecule has 5 atom stereocenters. The molecule has 1 fully saturated rings. The van der Waals surface area contributed by atoms with E-state index in [9.17, 15) is 20.1 Å². The second-order valence-corrected chi connectivity index (χ2v) is 7.75. The summed E-state index contributed by atoms with van der Waals surface area (Å²) in [7, 11) is 0. The standard InChI is InChI=1S/C20H21N3O5/c1-20(27,12-5-4-10-2-3-11(10)8-12)16-14(24)15(25)19(28-16)23-7-6-13-17(23)21-9-22-18(13)26/h4-9,14-16,19,24-25,27H,2-3H2,1H3,(H,21,22,26)/t14-,15+,16-,19+,20+/m0/s1. The Labute approximate surface area is 160 Å². The molecule has 0 amide bonds. The summed E-state index contributed by atoms with van der Waals surface area (Å²) in [5.74, 6) is 0. The van der Waals surface area contributed by atoms with Crippen molar-refractivity contribution in [2.45, 2.75) is 49.9 Å². The monoisotopic (exact) mass is 383 g/mol. The van der Waals surface area contributed by atoms with Crippen LogP contribution < -0.4 is 5.56 Å². The van der Waals surface area contributed by atoms with Gasteiger partial charge in [-0.15, -0.1) is 0 Å². The molecule has 8 nitrogen and oxygen atoms in total. The zero-order chi connectivity index (χ0) is 19.6. The number of rotatable bonds is 3. The third kappa shape index (κ3) is 2.39. The van der Waals surface area contributed by atoms with Crippen molar-refractivity contribution >= 4 is 11.0 Å². The number of aryl methyl sites for hydroxylation is 2. The van der Waals surface area contributed by atoms with Crippen LogP contribution in [0.4, 0.5) is 0 Å². The van der Waals surface area contributed by atoms with Gasteiger partial charge in [-0.2, -0.15) is 0 Å². The van der Waals surface area contributed by atoms with Crippen molar-refractivity contribution in [2.75, 3.05) is 0 Å². The van der Waals surface area contributed by atoms with Crippen molar-refractivity contribution in [3.8, 4) is 0 Å². The van der Waals surface area contributed by atoms with Gasteiger partial charge in [0.25, 0.3) is 5.56 Å². The molecule has 3 aromatic rings. The van der Waals surface area contributed by atoms with Gasteiger partial charge in [0.1, 0.15) is 29.6 Å². The zero-order valence-electron chi connectivity index (χ0n) is 15.2. The lowest BCUT2D eigenvalue weighted by Crippen LogP contribution is -2.45. The van der Waals surface area contributed by atoms with Gasteiger partial charge in [-0.05, 0) is 42.5 Å². The molecule has 0 radical (unpaired) electrons. The predicted octanol–water partition coefficient (Wildman–Crippen LogP) is 0.350. The second kappa shape index (κ2) is 5.99. The van der Waals surface area contributed by atoms with Crippen molar-refractivity contribution in [1.82, 2.24) is 14.5 Å². The van der Waals surface area contributed by atoms with E-state index >= 15 is 0 Å². The number of hydrogen-bond acceptors (Lipinski definition) is 6. The molecule has 3 heterocycles. The molecule has 0 spiro atoms. The summed E-state index contributed by atoms with van der Waals surface area (Å²) in [5, 5.41) is 32.8. The van der Waals surface area contributed by atoms with Crippen molar-refractivity contribution in [1.29, 1.82) is 0 Å². The van der Waals surface area contributed by atoms with E-state index in [1.807, 2.05) is 18.2 Å². The second-order valence-electron chi connectivity index (χ2n) is 7.75. The highest BCUT2D eigenvalue weighted by Crippen LogP contribution is 2.41. The summed E-state index contributed by atoms with van der Waals surface area (Å²) in [6.45, 7) is 1.58. The average molecular weight is 383 g/mol. The molecular formula is C20H21N3O5. The number of benzene rings is 1. The minimum atomic E-state index is -1.51. The largest absolute Gasteiger partial charge is 0.387 e. The number of nitrogens with one attached hydrogen (secondary N) is 1. The molecule has 1 aromatic carbocycles. The number of nitrogens with zero attached hydrogens (tertiary/aromatic N) is 2. The Morgan fingerprint density at radius 3 is 2.71 bits per heavy atom. The Balaban J connectivity index is 1.51. The van der Waals surface area contributed by atoms with Crippen LogP contribution >= 0.6 is 0 Å². The summed E-state index contributed by atoms with van der Waals surface area (Å²) in [6.07, 6.45) is 0.215. The number of hydrogen-bond donors (Lipinski definition) is 4. The van der Waals surface area contributed by atoms with E-state index in [0.29, 0.717) is 16.6 Å². The lowest BCUT2D eigenvalue weighted by atomic mass is 9.81. The zero-order valence-corrected chi connectivity index (χ0v) is 15.2. The first kappa shape index (κ1) is 17.6. The Morgan fingerprint density at radius 2 is 2.00 bits per heavy atom. The molecule has 28 heavy (non-hydrogen) atoms. The highest BCUT2D eigenvalue weighted by Gasteiger charge is 2.52. The number of aromatic amines is 1. The predicted molar refractivity (Wildman–Crippen MR) is 99.7 cm³/mol. The lowest BCUT2D eigenvalue weighted by Gasteiger charge is -2.33. The van der Waals surface area contributed by atoms with Crippen LogP contribution in [0.3, 0.4) is 0 Å². The SMILES string of the molecule is C[C@@](O)(c1ccc2c(c1)CC2)[C@H]1O[C@@H](n2ccc3c(=O)[nH]cnc32)[C@H](O)[C@@H]1O. The number of ether oxygens (including phenoxy) is 1. The van der Waals surface area contributed by atoms with Gasteiger partial charge in [0.05, 0.1) is 11.7 Å². The molecule has 1 aliphatic heterocycles. The molecule has 5 rings (SSSR count). The summed E-state index contributed by atoms with van der Waals surface area (Å²) in [5.41, 5.74) is 1.61. The maximum atomic E-state index is 11.9. The molecular weight excluding hydrogens is 362 g/mol. The van der Waals surface area contributed by atoms with Crippen molar-refractivity contribution in [2.24, 2.45) is 0 Å². The van der Waals surface area contributed by atoms with Crippen molar-refractivity contribution < 1.29 is 20.1 Å². The van der Waals surface area contributed by atoms with Gasteiger partial charge in [-0.3, -0.25) is 4.79 Å². The molecule has 8 heteroatoms. The van der Waals surface area contributed by atoms with Gasteiger partial charge >= 0.3 is 0 Å². The fourth-order valence-corrected chi connectivity index (χ4v) is 4.22. The number of aliphatic hydroxyl groups is 3. The van der Waals surface area contributed by atoms with E-state index < -0.39 is 30.1 Å². The highest BCUT2D eigenvalue weighted by molar-refractivity contribution is 5.74. The van der Waals surface area contributed by atoms with Crippen LogP contribution in [0.15, 0.2) is 41.6 Å². The number of fused-ring (bicyclic) bond motifs is 2. The maximum Gasteiger partial charge on any atom is 0.260 e. The Hall–Kier alpha value is -2.52. The first-order chi connectivity index (χ1) is 13.4. The van der Waals surface area contributed by atoms with E-state index in [2.05, 4.69) is 9.97 Å². The van der Waals surface area contributed by atoms with Crippen LogP contribution in [0.25, 0.3) is 11.0 Å². The van der Waals surface area contributed by atoms with Gasteiger partial charge in [0.15, 0.2) is 6.23 Å². The van der Waals surface area contributed by atoms with Gasteiger partial charge < -0.3 is 29.6 Å². The molecule has 1 saturated heterocycles. The van der Waals surface area contributed by atoms with Crippen molar-refractivity contribution in [3.05, 3.63) is 63.8 Å². The normalized spacial score (nSPS) is 28.7. The van der Waals surface area contributed by atoms with E-state index in [1.54, 1.807) is 19.2 Å². The van der Waals surface area contributed by atoms with Gasteiger partial charge in [-0.25, -0.2) is 4.98 Å². The highest BCUT2D eigenvalue weighted by atomic mass is 16.6. The maximum absolute atomic E-state index is 11.9.